The van der Waals surface area contributed by atoms with Gasteiger partial charge >= 0.3 is 0 Å². The topological polar surface area (TPSA) is 37.8 Å². The Bertz CT molecular complexity index is 427. The second kappa shape index (κ2) is 6.93. The van der Waals surface area contributed by atoms with E-state index in [-0.39, 0.29) is 4.75 Å². The van der Waals surface area contributed by atoms with Crippen LogP contribution in [0.25, 0.3) is 0 Å². The van der Waals surface area contributed by atoms with Crippen LogP contribution in [0.5, 0.6) is 0 Å². The van der Waals surface area contributed by atoms with E-state index in [1.807, 2.05) is 11.8 Å². The molecule has 0 atom stereocenters. The molecule has 0 spiro atoms. The van der Waals surface area contributed by atoms with E-state index in [1.165, 1.54) is 0 Å². The Morgan fingerprint density at radius 3 is 2.37 bits per heavy atom. The molecule has 1 heterocycles. The maximum Gasteiger partial charge on any atom is 0.144 e. The van der Waals surface area contributed by atoms with Gasteiger partial charge in [-0.15, -0.1) is 11.8 Å². The summed E-state index contributed by atoms with van der Waals surface area (Å²) >= 11 is 5.48. The number of anilines is 1. The van der Waals surface area contributed by atoms with Crippen molar-refractivity contribution in [3.8, 4) is 0 Å². The molecule has 0 fully saturated rings. The number of hydrogen-bond acceptors (Lipinski definition) is 4. The summed E-state index contributed by atoms with van der Waals surface area (Å²) in [7, 11) is 0. The lowest BCUT2D eigenvalue weighted by Crippen LogP contribution is -2.11. The monoisotopic (exact) mass is 345 g/mol. The van der Waals surface area contributed by atoms with Gasteiger partial charge in [0, 0.05) is 11.3 Å². The van der Waals surface area contributed by atoms with Gasteiger partial charge in [-0.2, -0.15) is 0 Å². The highest BCUT2D eigenvalue weighted by Gasteiger charge is 2.17. The first kappa shape index (κ1) is 16.8. The van der Waals surface area contributed by atoms with Crippen LogP contribution >= 0.6 is 27.7 Å². The van der Waals surface area contributed by atoms with E-state index in [0.29, 0.717) is 5.92 Å². The Hall–Kier alpha value is -0.290. The van der Waals surface area contributed by atoms with Crippen molar-refractivity contribution in [2.45, 2.75) is 58.0 Å². The Morgan fingerprint density at radius 2 is 1.89 bits per heavy atom. The molecule has 0 aliphatic carbocycles. The minimum Gasteiger partial charge on any atom is -0.369 e. The summed E-state index contributed by atoms with van der Waals surface area (Å²) in [5.74, 6) is 3.04. The number of halogens is 1. The molecule has 1 aromatic heterocycles. The molecule has 3 nitrogen and oxygen atoms in total. The van der Waals surface area contributed by atoms with Crippen molar-refractivity contribution in [3.05, 3.63) is 16.0 Å². The average molecular weight is 346 g/mol. The van der Waals surface area contributed by atoms with Crippen LogP contribution < -0.4 is 5.32 Å². The number of nitrogens with zero attached hydrogens (tertiary/aromatic N) is 2. The highest BCUT2D eigenvalue weighted by Crippen LogP contribution is 2.31. The molecule has 108 valence electrons. The van der Waals surface area contributed by atoms with Gasteiger partial charge in [0.1, 0.15) is 11.6 Å². The van der Waals surface area contributed by atoms with Crippen LogP contribution in [-0.2, 0) is 5.75 Å². The predicted molar refractivity (Wildman–Crippen MR) is 89.0 cm³/mol. The third-order valence-electron chi connectivity index (χ3n) is 2.45. The Labute approximate surface area is 129 Å². The van der Waals surface area contributed by atoms with Gasteiger partial charge in [0.2, 0.25) is 0 Å². The summed E-state index contributed by atoms with van der Waals surface area (Å²) < 4.78 is 1.22. The van der Waals surface area contributed by atoms with Crippen LogP contribution in [-0.4, -0.2) is 21.3 Å². The van der Waals surface area contributed by atoms with Crippen molar-refractivity contribution < 1.29 is 0 Å². The molecular weight excluding hydrogens is 322 g/mol. The number of thioether (sulfide) groups is 1. The molecule has 1 N–H and O–H groups in total. The van der Waals surface area contributed by atoms with Gasteiger partial charge in [0.15, 0.2) is 0 Å². The molecule has 1 rings (SSSR count). The third kappa shape index (κ3) is 5.30. The molecule has 0 unspecified atom stereocenters. The zero-order valence-electron chi connectivity index (χ0n) is 12.7. The SMILES string of the molecule is CCNc1nc(CSC(C)(C)C)nc(C(C)C)c1Br. The van der Waals surface area contributed by atoms with Gasteiger partial charge in [-0.25, -0.2) is 9.97 Å². The Morgan fingerprint density at radius 1 is 1.26 bits per heavy atom. The first-order valence-electron chi connectivity index (χ1n) is 6.68. The normalized spacial score (nSPS) is 12.0. The van der Waals surface area contributed by atoms with Crippen LogP contribution in [0, 0.1) is 0 Å². The summed E-state index contributed by atoms with van der Waals surface area (Å²) in [6.45, 7) is 13.9. The highest BCUT2D eigenvalue weighted by molar-refractivity contribution is 9.10. The van der Waals surface area contributed by atoms with Crippen LogP contribution in [0.1, 0.15) is 59.0 Å². The minimum atomic E-state index is 0.229. The molecule has 19 heavy (non-hydrogen) atoms. The number of hydrogen-bond donors (Lipinski definition) is 1. The average Bonchev–Trinajstić information content (AvgIpc) is 2.28. The van der Waals surface area contributed by atoms with E-state index in [1.54, 1.807) is 0 Å². The minimum absolute atomic E-state index is 0.229. The fourth-order valence-corrected chi connectivity index (χ4v) is 2.99. The smallest absolute Gasteiger partial charge is 0.144 e. The van der Waals surface area contributed by atoms with E-state index < -0.39 is 0 Å². The van der Waals surface area contributed by atoms with Crippen molar-refractivity contribution in [2.24, 2.45) is 0 Å². The molecule has 5 heteroatoms. The second-order valence-corrected chi connectivity index (χ2v) is 8.37. The molecular formula is C14H24BrN3S. The summed E-state index contributed by atoms with van der Waals surface area (Å²) in [5, 5.41) is 3.30. The zero-order valence-corrected chi connectivity index (χ0v) is 15.1. The quantitative estimate of drug-likeness (QED) is 0.829. The van der Waals surface area contributed by atoms with Crippen molar-refractivity contribution in [1.82, 2.24) is 9.97 Å². The molecule has 1 aromatic rings. The number of rotatable bonds is 5. The molecule has 0 aliphatic rings. The summed E-state index contributed by atoms with van der Waals surface area (Å²) in [4.78, 5) is 9.32. The molecule has 0 saturated heterocycles. The standard InChI is InChI=1S/C14H24BrN3S/c1-7-16-13-11(15)12(9(2)3)17-10(18-13)8-19-14(4,5)6/h9H,7-8H2,1-6H3,(H,16,17,18). The Kier molecular flexibility index (Phi) is 6.12. The molecule has 0 aliphatic heterocycles. The second-order valence-electron chi connectivity index (χ2n) is 5.77. The fourth-order valence-electron chi connectivity index (χ4n) is 1.53. The van der Waals surface area contributed by atoms with Gasteiger partial charge in [-0.3, -0.25) is 0 Å². The molecule has 0 bridgehead atoms. The highest BCUT2D eigenvalue weighted by atomic mass is 79.9. The van der Waals surface area contributed by atoms with Crippen LogP contribution in [0.3, 0.4) is 0 Å². The fraction of sp³-hybridized carbons (Fsp3) is 0.714. The van der Waals surface area contributed by atoms with Crippen molar-refractivity contribution >= 4 is 33.5 Å². The summed E-state index contributed by atoms with van der Waals surface area (Å²) in [5.41, 5.74) is 1.08. The van der Waals surface area contributed by atoms with E-state index in [9.17, 15) is 0 Å². The van der Waals surface area contributed by atoms with Crippen molar-refractivity contribution in [3.63, 3.8) is 0 Å². The Balaban J connectivity index is 3.04. The van der Waals surface area contributed by atoms with E-state index in [0.717, 1.165) is 34.1 Å². The molecule has 0 radical (unpaired) electrons. The summed E-state index contributed by atoms with van der Waals surface area (Å²) in [6, 6.07) is 0. The van der Waals surface area contributed by atoms with Gasteiger partial charge in [-0.05, 0) is 28.8 Å². The van der Waals surface area contributed by atoms with Gasteiger partial charge in [-0.1, -0.05) is 34.6 Å². The lowest BCUT2D eigenvalue weighted by Gasteiger charge is -2.18. The molecule has 0 saturated carbocycles. The van der Waals surface area contributed by atoms with Gasteiger partial charge in [0.25, 0.3) is 0 Å². The molecule has 0 amide bonds. The maximum absolute atomic E-state index is 4.70. The lowest BCUT2D eigenvalue weighted by atomic mass is 10.1. The van der Waals surface area contributed by atoms with Crippen LogP contribution in [0.15, 0.2) is 4.47 Å². The third-order valence-corrected chi connectivity index (χ3v) is 4.50. The first-order valence-corrected chi connectivity index (χ1v) is 8.46. The maximum atomic E-state index is 4.70. The van der Waals surface area contributed by atoms with E-state index in [2.05, 4.69) is 67.8 Å². The van der Waals surface area contributed by atoms with Crippen molar-refractivity contribution in [1.29, 1.82) is 0 Å². The molecule has 0 aromatic carbocycles. The number of nitrogens with one attached hydrogen (secondary N) is 1. The summed E-state index contributed by atoms with van der Waals surface area (Å²) in [6.07, 6.45) is 0. The van der Waals surface area contributed by atoms with Crippen molar-refractivity contribution in [2.75, 3.05) is 11.9 Å². The van der Waals surface area contributed by atoms with Gasteiger partial charge in [0.05, 0.1) is 15.9 Å². The van der Waals surface area contributed by atoms with Gasteiger partial charge < -0.3 is 5.32 Å². The van der Waals surface area contributed by atoms with Crippen LogP contribution in [0.2, 0.25) is 0 Å². The predicted octanol–water partition coefficient (Wildman–Crippen LogP) is 4.83. The number of aromatic nitrogens is 2. The largest absolute Gasteiger partial charge is 0.369 e. The first-order chi connectivity index (χ1) is 8.74. The van der Waals surface area contributed by atoms with Crippen LogP contribution in [0.4, 0.5) is 5.82 Å². The van der Waals surface area contributed by atoms with E-state index >= 15 is 0 Å². The zero-order chi connectivity index (χ0) is 14.6. The van der Waals surface area contributed by atoms with E-state index in [4.69, 9.17) is 4.98 Å². The lowest BCUT2D eigenvalue weighted by molar-refractivity contribution is 0.783.